The van der Waals surface area contributed by atoms with E-state index in [0.29, 0.717) is 0 Å². The fraction of sp³-hybridized carbons (Fsp3) is 0.455. The first-order valence-corrected chi connectivity index (χ1v) is 5.37. The number of rotatable bonds is 2. The van der Waals surface area contributed by atoms with E-state index < -0.39 is 0 Å². The van der Waals surface area contributed by atoms with Crippen molar-refractivity contribution in [3.05, 3.63) is 27.2 Å². The zero-order valence-corrected chi connectivity index (χ0v) is 10.6. The standard InChI is InChI=1S/C11H16BrNO/c1-6-5-9(8(3)13)11(14-4)10(12)7(6)2/h5,8H,13H2,1-4H3. The monoisotopic (exact) mass is 257 g/mol. The van der Waals surface area contributed by atoms with Gasteiger partial charge in [-0.15, -0.1) is 0 Å². The first kappa shape index (κ1) is 11.5. The Morgan fingerprint density at radius 1 is 1.43 bits per heavy atom. The average molecular weight is 258 g/mol. The Morgan fingerprint density at radius 3 is 2.43 bits per heavy atom. The highest BCUT2D eigenvalue weighted by molar-refractivity contribution is 9.10. The van der Waals surface area contributed by atoms with Crippen LogP contribution in [0.2, 0.25) is 0 Å². The van der Waals surface area contributed by atoms with Crippen LogP contribution in [0.5, 0.6) is 5.75 Å². The molecule has 0 aliphatic carbocycles. The summed E-state index contributed by atoms with van der Waals surface area (Å²) in [4.78, 5) is 0. The molecule has 78 valence electrons. The normalized spacial score (nSPS) is 12.7. The Hall–Kier alpha value is -0.540. The van der Waals surface area contributed by atoms with Gasteiger partial charge in [-0.3, -0.25) is 0 Å². The minimum Gasteiger partial charge on any atom is -0.495 e. The van der Waals surface area contributed by atoms with Crippen LogP contribution >= 0.6 is 15.9 Å². The fourth-order valence-corrected chi connectivity index (χ4v) is 2.13. The molecule has 2 nitrogen and oxygen atoms in total. The molecule has 0 aliphatic heterocycles. The second-order valence-corrected chi connectivity index (χ2v) is 4.34. The van der Waals surface area contributed by atoms with Crippen molar-refractivity contribution in [1.29, 1.82) is 0 Å². The highest BCUT2D eigenvalue weighted by Crippen LogP contribution is 2.36. The van der Waals surface area contributed by atoms with Gasteiger partial charge in [-0.05, 0) is 47.8 Å². The number of ether oxygens (including phenoxy) is 1. The van der Waals surface area contributed by atoms with Gasteiger partial charge in [0.25, 0.3) is 0 Å². The van der Waals surface area contributed by atoms with E-state index in [1.807, 2.05) is 6.92 Å². The number of benzene rings is 1. The number of hydrogen-bond donors (Lipinski definition) is 1. The van der Waals surface area contributed by atoms with Gasteiger partial charge in [0.05, 0.1) is 11.6 Å². The summed E-state index contributed by atoms with van der Waals surface area (Å²) in [5, 5.41) is 0. The molecule has 1 aromatic carbocycles. The molecule has 0 amide bonds. The lowest BCUT2D eigenvalue weighted by molar-refractivity contribution is 0.403. The van der Waals surface area contributed by atoms with Crippen LogP contribution in [0.15, 0.2) is 10.5 Å². The summed E-state index contributed by atoms with van der Waals surface area (Å²) in [6.45, 7) is 6.09. The number of nitrogens with two attached hydrogens (primary N) is 1. The first-order chi connectivity index (χ1) is 6.49. The first-order valence-electron chi connectivity index (χ1n) is 4.58. The average Bonchev–Trinajstić information content (AvgIpc) is 2.13. The maximum atomic E-state index is 5.88. The largest absolute Gasteiger partial charge is 0.495 e. The van der Waals surface area contributed by atoms with Gasteiger partial charge in [-0.25, -0.2) is 0 Å². The van der Waals surface area contributed by atoms with Gasteiger partial charge in [0.15, 0.2) is 0 Å². The lowest BCUT2D eigenvalue weighted by Gasteiger charge is -2.16. The molecule has 0 spiro atoms. The van der Waals surface area contributed by atoms with Crippen molar-refractivity contribution < 1.29 is 4.74 Å². The van der Waals surface area contributed by atoms with Crippen LogP contribution in [0.1, 0.15) is 29.7 Å². The number of methoxy groups -OCH3 is 1. The van der Waals surface area contributed by atoms with E-state index >= 15 is 0 Å². The van der Waals surface area contributed by atoms with Crippen LogP contribution in [-0.2, 0) is 0 Å². The van der Waals surface area contributed by atoms with E-state index in [4.69, 9.17) is 10.5 Å². The van der Waals surface area contributed by atoms with E-state index in [-0.39, 0.29) is 6.04 Å². The molecule has 0 radical (unpaired) electrons. The molecule has 2 N–H and O–H groups in total. The molecule has 14 heavy (non-hydrogen) atoms. The fourth-order valence-electron chi connectivity index (χ4n) is 1.42. The molecule has 1 atom stereocenters. The number of halogens is 1. The highest BCUT2D eigenvalue weighted by atomic mass is 79.9. The summed E-state index contributed by atoms with van der Waals surface area (Å²) >= 11 is 3.53. The van der Waals surface area contributed by atoms with Crippen molar-refractivity contribution in [3.63, 3.8) is 0 Å². The summed E-state index contributed by atoms with van der Waals surface area (Å²) < 4.78 is 6.35. The number of hydrogen-bond acceptors (Lipinski definition) is 2. The van der Waals surface area contributed by atoms with Crippen molar-refractivity contribution in [2.45, 2.75) is 26.8 Å². The molecule has 0 fully saturated rings. The van der Waals surface area contributed by atoms with Crippen LogP contribution < -0.4 is 10.5 Å². The second-order valence-electron chi connectivity index (χ2n) is 3.54. The molecule has 3 heteroatoms. The van der Waals surface area contributed by atoms with Gasteiger partial charge in [0.1, 0.15) is 5.75 Å². The Kier molecular flexibility index (Phi) is 3.56. The molecule has 0 heterocycles. The minimum absolute atomic E-state index is 0.0134. The number of aryl methyl sites for hydroxylation is 1. The summed E-state index contributed by atoms with van der Waals surface area (Å²) in [6.07, 6.45) is 0. The van der Waals surface area contributed by atoms with E-state index in [9.17, 15) is 0 Å². The predicted octanol–water partition coefficient (Wildman–Crippen LogP) is 3.09. The van der Waals surface area contributed by atoms with Crippen LogP contribution in [0.4, 0.5) is 0 Å². The maximum Gasteiger partial charge on any atom is 0.138 e. The van der Waals surface area contributed by atoms with Crippen LogP contribution in [0.3, 0.4) is 0 Å². The molecule has 0 aliphatic rings. The van der Waals surface area contributed by atoms with Gasteiger partial charge in [0, 0.05) is 11.6 Å². The highest BCUT2D eigenvalue weighted by Gasteiger charge is 2.14. The summed E-state index contributed by atoms with van der Waals surface area (Å²) in [5.41, 5.74) is 9.35. The van der Waals surface area contributed by atoms with E-state index in [1.165, 1.54) is 11.1 Å². The van der Waals surface area contributed by atoms with Crippen molar-refractivity contribution in [3.8, 4) is 5.75 Å². The Labute approximate surface area is 93.6 Å². The molecular formula is C11H16BrNO. The van der Waals surface area contributed by atoms with Crippen LogP contribution in [0.25, 0.3) is 0 Å². The van der Waals surface area contributed by atoms with Crippen LogP contribution in [0, 0.1) is 13.8 Å². The lowest BCUT2D eigenvalue weighted by Crippen LogP contribution is -2.08. The molecule has 0 bridgehead atoms. The predicted molar refractivity (Wildman–Crippen MR) is 62.8 cm³/mol. The molecule has 1 unspecified atom stereocenters. The van der Waals surface area contributed by atoms with E-state index in [0.717, 1.165) is 15.8 Å². The van der Waals surface area contributed by atoms with Crippen molar-refractivity contribution in [2.75, 3.05) is 7.11 Å². The minimum atomic E-state index is -0.0134. The van der Waals surface area contributed by atoms with Gasteiger partial charge in [0.2, 0.25) is 0 Å². The summed E-state index contributed by atoms with van der Waals surface area (Å²) in [7, 11) is 1.67. The topological polar surface area (TPSA) is 35.2 Å². The smallest absolute Gasteiger partial charge is 0.138 e. The molecule has 0 saturated carbocycles. The third-order valence-electron chi connectivity index (χ3n) is 2.45. The van der Waals surface area contributed by atoms with Gasteiger partial charge in [-0.2, -0.15) is 0 Å². The molecule has 1 aromatic rings. The van der Waals surface area contributed by atoms with Crippen molar-refractivity contribution in [2.24, 2.45) is 5.73 Å². The van der Waals surface area contributed by atoms with Crippen molar-refractivity contribution >= 4 is 15.9 Å². The van der Waals surface area contributed by atoms with E-state index in [1.54, 1.807) is 7.11 Å². The summed E-state index contributed by atoms with van der Waals surface area (Å²) in [6, 6.07) is 2.07. The third-order valence-corrected chi connectivity index (χ3v) is 3.40. The third kappa shape index (κ3) is 1.93. The Morgan fingerprint density at radius 2 is 2.00 bits per heavy atom. The zero-order valence-electron chi connectivity index (χ0n) is 9.02. The maximum absolute atomic E-state index is 5.88. The Bertz CT molecular complexity index is 348. The van der Waals surface area contributed by atoms with Gasteiger partial charge in [-0.1, -0.05) is 6.07 Å². The van der Waals surface area contributed by atoms with Gasteiger partial charge < -0.3 is 10.5 Å². The second kappa shape index (κ2) is 4.32. The molecule has 1 rings (SSSR count). The molecular weight excluding hydrogens is 242 g/mol. The zero-order chi connectivity index (χ0) is 10.9. The summed E-state index contributed by atoms with van der Waals surface area (Å²) in [5.74, 6) is 0.850. The van der Waals surface area contributed by atoms with Crippen molar-refractivity contribution in [1.82, 2.24) is 0 Å². The molecule has 0 aromatic heterocycles. The quantitative estimate of drug-likeness (QED) is 0.884. The van der Waals surface area contributed by atoms with Crippen LogP contribution in [-0.4, -0.2) is 7.11 Å². The lowest BCUT2D eigenvalue weighted by atomic mass is 10.0. The van der Waals surface area contributed by atoms with Gasteiger partial charge >= 0.3 is 0 Å². The Balaban J connectivity index is 3.43. The SMILES string of the molecule is COc1c(C(C)N)cc(C)c(C)c1Br. The molecule has 0 saturated heterocycles. The van der Waals surface area contributed by atoms with E-state index in [2.05, 4.69) is 35.8 Å².